The van der Waals surface area contributed by atoms with Gasteiger partial charge in [-0.25, -0.2) is 0 Å². The molecule has 0 radical (unpaired) electrons. The zero-order valence-corrected chi connectivity index (χ0v) is 13.1. The van der Waals surface area contributed by atoms with Crippen LogP contribution in [-0.4, -0.2) is 22.9 Å². The molecule has 1 aliphatic carbocycles. The van der Waals surface area contributed by atoms with E-state index in [2.05, 4.69) is 11.8 Å². The first-order valence-corrected chi connectivity index (χ1v) is 8.12. The van der Waals surface area contributed by atoms with E-state index < -0.39 is 0 Å². The Kier molecular flexibility index (Phi) is 3.96. The summed E-state index contributed by atoms with van der Waals surface area (Å²) in [6, 6.07) is 5.98. The van der Waals surface area contributed by atoms with E-state index in [0.717, 1.165) is 12.8 Å². The Morgan fingerprint density at radius 1 is 1.25 bits per heavy atom. The molecular formula is C16H19Cl2NO. The third kappa shape index (κ3) is 2.33. The molecule has 2 nitrogen and oxygen atoms in total. The second-order valence-electron chi connectivity index (χ2n) is 6.01. The van der Waals surface area contributed by atoms with Crippen molar-refractivity contribution in [2.45, 2.75) is 51.1 Å². The number of rotatable bonds is 1. The zero-order chi connectivity index (χ0) is 14.3. The van der Waals surface area contributed by atoms with Crippen LogP contribution in [0.2, 0.25) is 10.0 Å². The van der Waals surface area contributed by atoms with Gasteiger partial charge in [-0.3, -0.25) is 4.79 Å². The average Bonchev–Trinajstić information content (AvgIpc) is 2.77. The maximum atomic E-state index is 12.9. The minimum Gasteiger partial charge on any atom is -0.333 e. The van der Waals surface area contributed by atoms with E-state index in [1.807, 2.05) is 0 Å². The lowest BCUT2D eigenvalue weighted by atomic mass is 9.85. The number of halogens is 2. The van der Waals surface area contributed by atoms with Gasteiger partial charge in [-0.2, -0.15) is 0 Å². The molecule has 4 heteroatoms. The van der Waals surface area contributed by atoms with E-state index in [9.17, 15) is 4.79 Å². The highest BCUT2D eigenvalue weighted by molar-refractivity contribution is 6.43. The summed E-state index contributed by atoms with van der Waals surface area (Å²) >= 11 is 12.2. The molecule has 3 unspecified atom stereocenters. The highest BCUT2D eigenvalue weighted by Gasteiger charge is 2.43. The van der Waals surface area contributed by atoms with Gasteiger partial charge in [0.05, 0.1) is 15.6 Å². The lowest BCUT2D eigenvalue weighted by Gasteiger charge is -2.33. The van der Waals surface area contributed by atoms with E-state index >= 15 is 0 Å². The van der Waals surface area contributed by atoms with E-state index in [4.69, 9.17) is 23.2 Å². The van der Waals surface area contributed by atoms with Gasteiger partial charge < -0.3 is 4.90 Å². The van der Waals surface area contributed by atoms with Crippen LogP contribution in [0.25, 0.3) is 0 Å². The van der Waals surface area contributed by atoms with Crippen LogP contribution in [0.15, 0.2) is 18.2 Å². The van der Waals surface area contributed by atoms with Crippen molar-refractivity contribution in [2.24, 2.45) is 5.92 Å². The number of fused-ring (bicyclic) bond motifs is 1. The smallest absolute Gasteiger partial charge is 0.255 e. The number of likely N-dealkylation sites (tertiary alicyclic amines) is 1. The van der Waals surface area contributed by atoms with Gasteiger partial charge in [0, 0.05) is 12.1 Å². The summed E-state index contributed by atoms with van der Waals surface area (Å²) in [5, 5.41) is 0.829. The Labute approximate surface area is 130 Å². The lowest BCUT2D eigenvalue weighted by molar-refractivity contribution is 0.0633. The van der Waals surface area contributed by atoms with E-state index in [1.165, 1.54) is 19.3 Å². The molecule has 1 saturated carbocycles. The molecule has 2 aliphatic rings. The van der Waals surface area contributed by atoms with Crippen LogP contribution in [0.3, 0.4) is 0 Å². The molecule has 0 bridgehead atoms. The zero-order valence-electron chi connectivity index (χ0n) is 11.6. The van der Waals surface area contributed by atoms with Gasteiger partial charge >= 0.3 is 0 Å². The quantitative estimate of drug-likeness (QED) is 0.730. The molecule has 1 saturated heterocycles. The first-order chi connectivity index (χ1) is 9.59. The largest absolute Gasteiger partial charge is 0.333 e. The van der Waals surface area contributed by atoms with Crippen molar-refractivity contribution in [3.8, 4) is 0 Å². The van der Waals surface area contributed by atoms with Crippen molar-refractivity contribution in [3.63, 3.8) is 0 Å². The van der Waals surface area contributed by atoms with Crippen LogP contribution < -0.4 is 0 Å². The molecule has 1 aromatic rings. The Balaban J connectivity index is 1.91. The van der Waals surface area contributed by atoms with Crippen LogP contribution in [0.4, 0.5) is 0 Å². The number of carbonyl (C=O) groups excluding carboxylic acids is 1. The summed E-state index contributed by atoms with van der Waals surface area (Å²) in [7, 11) is 0. The lowest BCUT2D eigenvalue weighted by Crippen LogP contribution is -2.42. The van der Waals surface area contributed by atoms with Crippen molar-refractivity contribution in [3.05, 3.63) is 33.8 Å². The van der Waals surface area contributed by atoms with Crippen molar-refractivity contribution in [1.82, 2.24) is 4.90 Å². The number of carbonyl (C=O) groups is 1. The fraction of sp³-hybridized carbons (Fsp3) is 0.562. The number of amides is 1. The van der Waals surface area contributed by atoms with Gasteiger partial charge in [-0.1, -0.05) is 42.1 Å². The summed E-state index contributed by atoms with van der Waals surface area (Å²) in [5.41, 5.74) is 0.539. The monoisotopic (exact) mass is 311 g/mol. The third-order valence-electron chi connectivity index (χ3n) is 4.76. The molecule has 1 aliphatic heterocycles. The van der Waals surface area contributed by atoms with Crippen LogP contribution in [0.1, 0.15) is 49.4 Å². The second-order valence-corrected chi connectivity index (χ2v) is 6.80. The molecule has 3 rings (SSSR count). The van der Waals surface area contributed by atoms with Crippen LogP contribution in [-0.2, 0) is 0 Å². The fourth-order valence-electron chi connectivity index (χ4n) is 3.87. The standard InChI is InChI=1S/C16H19Cl2NO/c1-10-9-11-5-2-3-8-14(11)19(10)16(20)12-6-4-7-13(17)15(12)18/h4,6-7,10-11,14H,2-3,5,8-9H2,1H3. The van der Waals surface area contributed by atoms with Crippen LogP contribution in [0.5, 0.6) is 0 Å². The van der Waals surface area contributed by atoms with E-state index in [0.29, 0.717) is 33.6 Å². The highest BCUT2D eigenvalue weighted by Crippen LogP contribution is 2.41. The predicted octanol–water partition coefficient (Wildman–Crippen LogP) is 4.79. The van der Waals surface area contributed by atoms with E-state index in [-0.39, 0.29) is 5.91 Å². The number of benzene rings is 1. The maximum Gasteiger partial charge on any atom is 0.255 e. The maximum absolute atomic E-state index is 12.9. The van der Waals surface area contributed by atoms with Crippen molar-refractivity contribution < 1.29 is 4.79 Å². The normalized spacial score (nSPS) is 29.4. The third-order valence-corrected chi connectivity index (χ3v) is 5.58. The molecule has 1 amide bonds. The summed E-state index contributed by atoms with van der Waals surface area (Å²) in [4.78, 5) is 14.9. The van der Waals surface area contributed by atoms with Gasteiger partial charge in [0.2, 0.25) is 0 Å². The second kappa shape index (κ2) is 5.57. The highest BCUT2D eigenvalue weighted by atomic mass is 35.5. The molecule has 3 atom stereocenters. The Morgan fingerprint density at radius 3 is 2.80 bits per heavy atom. The topological polar surface area (TPSA) is 20.3 Å². The minimum atomic E-state index is 0.0411. The number of hydrogen-bond donors (Lipinski definition) is 0. The fourth-order valence-corrected chi connectivity index (χ4v) is 4.25. The Hall–Kier alpha value is -0.730. The van der Waals surface area contributed by atoms with Gasteiger partial charge in [0.1, 0.15) is 0 Å². The molecular weight excluding hydrogens is 293 g/mol. The summed E-state index contributed by atoms with van der Waals surface area (Å²) < 4.78 is 0. The minimum absolute atomic E-state index is 0.0411. The van der Waals surface area contributed by atoms with E-state index in [1.54, 1.807) is 18.2 Å². The molecule has 1 heterocycles. The first-order valence-electron chi connectivity index (χ1n) is 7.36. The molecule has 0 N–H and O–H groups in total. The van der Waals surface area contributed by atoms with Gasteiger partial charge in [0.15, 0.2) is 0 Å². The van der Waals surface area contributed by atoms with Crippen molar-refractivity contribution in [2.75, 3.05) is 0 Å². The van der Waals surface area contributed by atoms with Crippen LogP contribution in [0, 0.1) is 5.92 Å². The first kappa shape index (κ1) is 14.2. The van der Waals surface area contributed by atoms with Gasteiger partial charge in [-0.05, 0) is 44.2 Å². The summed E-state index contributed by atoms with van der Waals surface area (Å²) in [6.45, 7) is 2.15. The van der Waals surface area contributed by atoms with Gasteiger partial charge in [-0.15, -0.1) is 0 Å². The van der Waals surface area contributed by atoms with Crippen molar-refractivity contribution >= 4 is 29.1 Å². The molecule has 108 valence electrons. The molecule has 2 fully saturated rings. The molecule has 0 aromatic heterocycles. The Morgan fingerprint density at radius 2 is 2.00 bits per heavy atom. The van der Waals surface area contributed by atoms with Gasteiger partial charge in [0.25, 0.3) is 5.91 Å². The SMILES string of the molecule is CC1CC2CCCCC2N1C(=O)c1cccc(Cl)c1Cl. The number of nitrogens with zero attached hydrogens (tertiary/aromatic N) is 1. The average molecular weight is 312 g/mol. The Bertz CT molecular complexity index is 531. The molecule has 20 heavy (non-hydrogen) atoms. The summed E-state index contributed by atoms with van der Waals surface area (Å²) in [6.07, 6.45) is 6.02. The number of hydrogen-bond acceptors (Lipinski definition) is 1. The molecule has 1 aromatic carbocycles. The van der Waals surface area contributed by atoms with Crippen molar-refractivity contribution in [1.29, 1.82) is 0 Å². The van der Waals surface area contributed by atoms with Crippen LogP contribution >= 0.6 is 23.2 Å². The molecule has 0 spiro atoms. The predicted molar refractivity (Wildman–Crippen MR) is 82.5 cm³/mol. The summed E-state index contributed by atoms with van der Waals surface area (Å²) in [5.74, 6) is 0.708.